The molecule has 0 saturated heterocycles. The van der Waals surface area contributed by atoms with E-state index in [-0.39, 0.29) is 18.0 Å². The zero-order valence-electron chi connectivity index (χ0n) is 15.2. The number of benzene rings is 1. The second kappa shape index (κ2) is 7.43. The molecule has 0 aliphatic rings. The first-order valence-corrected chi connectivity index (χ1v) is 9.90. The van der Waals surface area contributed by atoms with Crippen molar-refractivity contribution in [2.45, 2.75) is 38.4 Å². The molecule has 0 radical (unpaired) electrons. The molecule has 0 fully saturated rings. The van der Waals surface area contributed by atoms with Crippen LogP contribution in [0, 0.1) is 6.92 Å². The van der Waals surface area contributed by atoms with Crippen LogP contribution in [0.4, 0.5) is 0 Å². The summed E-state index contributed by atoms with van der Waals surface area (Å²) in [5.74, 6) is 0. The second-order valence-corrected chi connectivity index (χ2v) is 8.12. The molecule has 138 valence electrons. The van der Waals surface area contributed by atoms with E-state index in [9.17, 15) is 8.42 Å². The fourth-order valence-electron chi connectivity index (χ4n) is 2.85. The lowest BCUT2D eigenvalue weighted by Gasteiger charge is -2.21. The Morgan fingerprint density at radius 3 is 2.35 bits per heavy atom. The van der Waals surface area contributed by atoms with Gasteiger partial charge in [0.1, 0.15) is 4.90 Å². The first kappa shape index (κ1) is 18.3. The van der Waals surface area contributed by atoms with Crippen molar-refractivity contribution in [2.24, 2.45) is 7.05 Å². The lowest BCUT2D eigenvalue weighted by atomic mass is 10.2. The van der Waals surface area contributed by atoms with Crippen molar-refractivity contribution in [1.82, 2.24) is 23.9 Å². The molecule has 0 saturated carbocycles. The van der Waals surface area contributed by atoms with Gasteiger partial charge >= 0.3 is 0 Å². The van der Waals surface area contributed by atoms with E-state index in [1.54, 1.807) is 31.0 Å². The highest BCUT2D eigenvalue weighted by Gasteiger charge is 2.28. The van der Waals surface area contributed by atoms with Crippen molar-refractivity contribution in [3.8, 4) is 0 Å². The van der Waals surface area contributed by atoms with Gasteiger partial charge in [-0.15, -0.1) is 0 Å². The van der Waals surface area contributed by atoms with Gasteiger partial charge in [0.25, 0.3) is 0 Å². The fourth-order valence-corrected chi connectivity index (χ4v) is 4.46. The van der Waals surface area contributed by atoms with Crippen LogP contribution in [0.25, 0.3) is 0 Å². The van der Waals surface area contributed by atoms with Gasteiger partial charge in [0.2, 0.25) is 10.0 Å². The van der Waals surface area contributed by atoms with Crippen molar-refractivity contribution in [2.75, 3.05) is 0 Å². The minimum absolute atomic E-state index is 0.235. The Kier molecular flexibility index (Phi) is 5.24. The summed E-state index contributed by atoms with van der Waals surface area (Å²) in [5.41, 5.74) is 2.28. The monoisotopic (exact) mass is 373 g/mol. The fraction of sp³-hybridized carbons (Fsp3) is 0.333. The lowest BCUT2D eigenvalue weighted by molar-refractivity contribution is 0.400. The highest BCUT2D eigenvalue weighted by molar-refractivity contribution is 7.89. The quantitative estimate of drug-likeness (QED) is 0.637. The normalized spacial score (nSPS) is 12.0. The molecular formula is C18H23N5O2S. The molecule has 7 nitrogen and oxygen atoms in total. The summed E-state index contributed by atoms with van der Waals surface area (Å²) in [7, 11) is -1.97. The van der Waals surface area contributed by atoms with Gasteiger partial charge in [-0.3, -0.25) is 9.36 Å². The molecular weight excluding hydrogens is 350 g/mol. The number of nitrogens with zero attached hydrogens (tertiary/aromatic N) is 5. The van der Waals surface area contributed by atoms with Gasteiger partial charge in [-0.2, -0.15) is 14.5 Å². The minimum atomic E-state index is -3.69. The Morgan fingerprint density at radius 1 is 1.08 bits per heavy atom. The van der Waals surface area contributed by atoms with Crippen LogP contribution in [0.5, 0.6) is 0 Å². The van der Waals surface area contributed by atoms with E-state index in [1.807, 2.05) is 43.5 Å². The zero-order chi connectivity index (χ0) is 18.7. The van der Waals surface area contributed by atoms with E-state index in [4.69, 9.17) is 0 Å². The smallest absolute Gasteiger partial charge is 0.247 e. The maximum atomic E-state index is 13.3. The molecule has 0 atom stereocenters. The summed E-state index contributed by atoms with van der Waals surface area (Å²) < 4.78 is 31.4. The van der Waals surface area contributed by atoms with Crippen molar-refractivity contribution in [1.29, 1.82) is 0 Å². The predicted octanol–water partition coefficient (Wildman–Crippen LogP) is 2.34. The third-order valence-electron chi connectivity index (χ3n) is 4.16. The molecule has 1 aromatic carbocycles. The predicted molar refractivity (Wildman–Crippen MR) is 98.7 cm³/mol. The molecule has 0 bridgehead atoms. The number of rotatable bonds is 7. The maximum Gasteiger partial charge on any atom is 0.247 e. The SMILES string of the molecule is CCn1cc(CN(Cc2ccccc2)S(=O)(=O)c2cn(C)nc2C)cn1. The summed E-state index contributed by atoms with van der Waals surface area (Å²) in [4.78, 5) is 0.235. The number of hydrogen-bond acceptors (Lipinski definition) is 4. The highest BCUT2D eigenvalue weighted by Crippen LogP contribution is 2.23. The summed E-state index contributed by atoms with van der Waals surface area (Å²) >= 11 is 0. The van der Waals surface area contributed by atoms with Crippen LogP contribution in [0.2, 0.25) is 0 Å². The zero-order valence-corrected chi connectivity index (χ0v) is 16.0. The van der Waals surface area contributed by atoms with Crippen LogP contribution in [0.3, 0.4) is 0 Å². The van der Waals surface area contributed by atoms with Gasteiger partial charge < -0.3 is 0 Å². The molecule has 2 heterocycles. The largest absolute Gasteiger partial charge is 0.274 e. The van der Waals surface area contributed by atoms with Crippen molar-refractivity contribution >= 4 is 10.0 Å². The van der Waals surface area contributed by atoms with Gasteiger partial charge in [-0.25, -0.2) is 8.42 Å². The number of aromatic nitrogens is 4. The molecule has 0 spiro atoms. The van der Waals surface area contributed by atoms with Crippen molar-refractivity contribution < 1.29 is 8.42 Å². The minimum Gasteiger partial charge on any atom is -0.274 e. The molecule has 0 aliphatic carbocycles. The second-order valence-electron chi connectivity index (χ2n) is 6.22. The van der Waals surface area contributed by atoms with Crippen LogP contribution >= 0.6 is 0 Å². The third kappa shape index (κ3) is 3.86. The molecule has 0 N–H and O–H groups in total. The van der Waals surface area contributed by atoms with Gasteiger partial charge in [-0.1, -0.05) is 30.3 Å². The third-order valence-corrected chi connectivity index (χ3v) is 6.05. The van der Waals surface area contributed by atoms with Gasteiger partial charge in [0, 0.05) is 44.6 Å². The average molecular weight is 373 g/mol. The summed E-state index contributed by atoms with van der Waals surface area (Å²) in [6, 6.07) is 9.58. The van der Waals surface area contributed by atoms with Gasteiger partial charge in [-0.05, 0) is 19.4 Å². The Hall–Kier alpha value is -2.45. The van der Waals surface area contributed by atoms with E-state index >= 15 is 0 Å². The van der Waals surface area contributed by atoms with Crippen molar-refractivity contribution in [3.05, 3.63) is 65.7 Å². The van der Waals surface area contributed by atoms with E-state index in [0.29, 0.717) is 5.69 Å². The van der Waals surface area contributed by atoms with Crippen LogP contribution in [-0.4, -0.2) is 32.3 Å². The van der Waals surface area contributed by atoms with Crippen molar-refractivity contribution in [3.63, 3.8) is 0 Å². The summed E-state index contributed by atoms with van der Waals surface area (Å²) in [6.45, 7) is 4.99. The van der Waals surface area contributed by atoms with E-state index < -0.39 is 10.0 Å². The number of aryl methyl sites for hydroxylation is 3. The molecule has 3 rings (SSSR count). The van der Waals surface area contributed by atoms with Crippen LogP contribution in [0.1, 0.15) is 23.7 Å². The number of hydrogen-bond donors (Lipinski definition) is 0. The Morgan fingerprint density at radius 2 is 1.77 bits per heavy atom. The first-order chi connectivity index (χ1) is 12.4. The Balaban J connectivity index is 1.97. The molecule has 0 aliphatic heterocycles. The molecule has 3 aromatic rings. The topological polar surface area (TPSA) is 73.0 Å². The maximum absolute atomic E-state index is 13.3. The number of sulfonamides is 1. The Bertz CT molecular complexity index is 976. The molecule has 0 amide bonds. The van der Waals surface area contributed by atoms with E-state index in [0.717, 1.165) is 17.7 Å². The molecule has 8 heteroatoms. The van der Waals surface area contributed by atoms with E-state index in [1.165, 1.54) is 8.99 Å². The van der Waals surface area contributed by atoms with E-state index in [2.05, 4.69) is 10.2 Å². The van der Waals surface area contributed by atoms with Crippen LogP contribution in [-0.2, 0) is 36.7 Å². The molecule has 26 heavy (non-hydrogen) atoms. The molecule has 2 aromatic heterocycles. The first-order valence-electron chi connectivity index (χ1n) is 8.46. The molecule has 0 unspecified atom stereocenters. The lowest BCUT2D eigenvalue weighted by Crippen LogP contribution is -2.30. The highest BCUT2D eigenvalue weighted by atomic mass is 32.2. The average Bonchev–Trinajstić information content (AvgIpc) is 3.21. The van der Waals surface area contributed by atoms with Gasteiger partial charge in [0.15, 0.2) is 0 Å². The summed E-state index contributed by atoms with van der Waals surface area (Å²) in [6.07, 6.45) is 5.15. The van der Waals surface area contributed by atoms with Crippen LogP contribution < -0.4 is 0 Å². The van der Waals surface area contributed by atoms with Gasteiger partial charge in [0.05, 0.1) is 11.9 Å². The summed E-state index contributed by atoms with van der Waals surface area (Å²) in [5, 5.41) is 8.44. The Labute approximate surface area is 153 Å². The standard InChI is InChI=1S/C18H23N5O2S/c1-4-22-11-17(10-19-22)13-23(12-16-8-6-5-7-9-16)26(24,25)18-14-21(3)20-15(18)2/h5-11,14H,4,12-13H2,1-3H3. The van der Waals surface area contributed by atoms with Crippen LogP contribution in [0.15, 0.2) is 53.8 Å².